The van der Waals surface area contributed by atoms with Gasteiger partial charge in [0.1, 0.15) is 5.69 Å². The number of carboxylic acid groups (broad SMARTS) is 1. The Morgan fingerprint density at radius 2 is 2.00 bits per heavy atom. The first kappa shape index (κ1) is 15.0. The molecule has 3 aromatic heterocycles. The van der Waals surface area contributed by atoms with E-state index in [9.17, 15) is 4.79 Å². The van der Waals surface area contributed by atoms with Crippen LogP contribution in [0.25, 0.3) is 16.3 Å². The van der Waals surface area contributed by atoms with E-state index in [1.807, 2.05) is 30.6 Å². The average Bonchev–Trinajstić information content (AvgIpc) is 3.24. The van der Waals surface area contributed by atoms with Crippen LogP contribution in [0, 0.1) is 6.92 Å². The third-order valence-electron chi connectivity index (χ3n) is 3.79. The number of carbonyl (C=O) groups is 1. The first-order valence-corrected chi connectivity index (χ1v) is 9.07. The maximum absolute atomic E-state index is 10.9. The van der Waals surface area contributed by atoms with Crippen LogP contribution in [-0.4, -0.2) is 25.4 Å². The van der Waals surface area contributed by atoms with Crippen LogP contribution in [-0.2, 0) is 6.42 Å². The summed E-state index contributed by atoms with van der Waals surface area (Å²) in [5.74, 6) is -0.908. The molecule has 5 nitrogen and oxygen atoms in total. The molecular weight excluding hydrogens is 342 g/mol. The van der Waals surface area contributed by atoms with Crippen molar-refractivity contribution in [3.8, 4) is 11.4 Å². The van der Waals surface area contributed by atoms with E-state index >= 15 is 0 Å². The molecular formula is C17H13N3O2S2. The van der Waals surface area contributed by atoms with E-state index in [0.29, 0.717) is 12.0 Å². The van der Waals surface area contributed by atoms with Crippen LogP contribution in [0.15, 0.2) is 41.2 Å². The van der Waals surface area contributed by atoms with Crippen molar-refractivity contribution in [3.63, 3.8) is 0 Å². The summed E-state index contributed by atoms with van der Waals surface area (Å²) < 4.78 is 2.07. The predicted octanol–water partition coefficient (Wildman–Crippen LogP) is 4.12. The van der Waals surface area contributed by atoms with E-state index in [0.717, 1.165) is 32.6 Å². The van der Waals surface area contributed by atoms with E-state index in [1.54, 1.807) is 34.8 Å². The van der Waals surface area contributed by atoms with E-state index in [1.165, 1.54) is 0 Å². The molecule has 1 N–H and O–H groups in total. The number of hydrogen-bond acceptors (Lipinski definition) is 5. The first-order valence-electron chi connectivity index (χ1n) is 7.31. The number of benzene rings is 1. The molecule has 7 heteroatoms. The number of carboxylic acids is 1. The van der Waals surface area contributed by atoms with Gasteiger partial charge in [0.15, 0.2) is 4.96 Å². The second kappa shape index (κ2) is 5.85. The van der Waals surface area contributed by atoms with Crippen molar-refractivity contribution in [1.82, 2.24) is 14.4 Å². The summed E-state index contributed by atoms with van der Waals surface area (Å²) >= 11 is 3.22. The summed E-state index contributed by atoms with van der Waals surface area (Å²) in [6.07, 6.45) is 2.70. The number of imidazole rings is 1. The Morgan fingerprint density at radius 3 is 2.75 bits per heavy atom. The van der Waals surface area contributed by atoms with Gasteiger partial charge in [0.2, 0.25) is 0 Å². The molecule has 120 valence electrons. The fourth-order valence-corrected chi connectivity index (χ4v) is 4.22. The Kier molecular flexibility index (Phi) is 3.66. The SMILES string of the molecule is Cc1nc2sccn2c1-c1csc(Cc2ccc(C(=O)O)cc2)n1. The Hall–Kier alpha value is -2.51. The maximum Gasteiger partial charge on any atom is 0.335 e. The highest BCUT2D eigenvalue weighted by molar-refractivity contribution is 7.15. The van der Waals surface area contributed by atoms with Crippen molar-refractivity contribution in [2.45, 2.75) is 13.3 Å². The largest absolute Gasteiger partial charge is 0.478 e. The van der Waals surface area contributed by atoms with Crippen molar-refractivity contribution in [2.75, 3.05) is 0 Å². The van der Waals surface area contributed by atoms with Crippen LogP contribution < -0.4 is 0 Å². The molecule has 0 unspecified atom stereocenters. The lowest BCUT2D eigenvalue weighted by Gasteiger charge is -2.00. The zero-order chi connectivity index (χ0) is 16.7. The number of aromatic nitrogens is 3. The monoisotopic (exact) mass is 355 g/mol. The molecule has 4 aromatic rings. The minimum atomic E-state index is -0.908. The minimum absolute atomic E-state index is 0.299. The lowest BCUT2D eigenvalue weighted by molar-refractivity contribution is 0.0697. The third kappa shape index (κ3) is 2.61. The summed E-state index contributed by atoms with van der Waals surface area (Å²) in [6, 6.07) is 6.93. The fourth-order valence-electron chi connectivity index (χ4n) is 2.64. The van der Waals surface area contributed by atoms with Gasteiger partial charge >= 0.3 is 5.97 Å². The molecule has 24 heavy (non-hydrogen) atoms. The number of thiazole rings is 2. The second-order valence-electron chi connectivity index (χ2n) is 5.41. The number of aryl methyl sites for hydroxylation is 1. The minimum Gasteiger partial charge on any atom is -0.478 e. The van der Waals surface area contributed by atoms with Crippen LogP contribution in [0.3, 0.4) is 0 Å². The molecule has 0 saturated carbocycles. The topological polar surface area (TPSA) is 67.5 Å². The molecule has 0 spiro atoms. The molecule has 4 rings (SSSR count). The van der Waals surface area contributed by atoms with E-state index < -0.39 is 5.97 Å². The molecule has 0 aliphatic heterocycles. The summed E-state index contributed by atoms with van der Waals surface area (Å²) in [6.45, 7) is 2.00. The normalized spacial score (nSPS) is 11.2. The quantitative estimate of drug-likeness (QED) is 0.598. The average molecular weight is 355 g/mol. The van der Waals surface area contributed by atoms with Crippen molar-refractivity contribution < 1.29 is 9.90 Å². The molecule has 3 heterocycles. The molecule has 0 saturated heterocycles. The highest BCUT2D eigenvalue weighted by atomic mass is 32.1. The van der Waals surface area contributed by atoms with Crippen molar-refractivity contribution in [3.05, 3.63) is 63.1 Å². The van der Waals surface area contributed by atoms with E-state index in [-0.39, 0.29) is 0 Å². The van der Waals surface area contributed by atoms with Crippen LogP contribution in [0.1, 0.15) is 26.6 Å². The predicted molar refractivity (Wildman–Crippen MR) is 95.1 cm³/mol. The standard InChI is InChI=1S/C17H13N3O2S2/c1-10-15(20-6-7-23-17(20)18-10)13-9-24-14(19-13)8-11-2-4-12(5-3-11)16(21)22/h2-7,9H,8H2,1H3,(H,21,22). The van der Waals surface area contributed by atoms with Crippen LogP contribution in [0.4, 0.5) is 0 Å². The highest BCUT2D eigenvalue weighted by Crippen LogP contribution is 2.28. The van der Waals surface area contributed by atoms with Gasteiger partial charge in [0.25, 0.3) is 0 Å². The summed E-state index contributed by atoms with van der Waals surface area (Å²) in [5.41, 5.74) is 4.29. The molecule has 0 amide bonds. The number of aromatic carboxylic acids is 1. The van der Waals surface area contributed by atoms with E-state index in [4.69, 9.17) is 10.1 Å². The number of hydrogen-bond donors (Lipinski definition) is 1. The Morgan fingerprint density at radius 1 is 1.21 bits per heavy atom. The third-order valence-corrected chi connectivity index (χ3v) is 5.39. The summed E-state index contributed by atoms with van der Waals surface area (Å²) in [4.78, 5) is 21.2. The Bertz CT molecular complexity index is 1030. The lowest BCUT2D eigenvalue weighted by atomic mass is 10.1. The second-order valence-corrected chi connectivity index (χ2v) is 7.22. The summed E-state index contributed by atoms with van der Waals surface area (Å²) in [5, 5.41) is 14.0. The van der Waals surface area contributed by atoms with Gasteiger partial charge in [-0.05, 0) is 24.6 Å². The van der Waals surface area contributed by atoms with Crippen LogP contribution in [0.2, 0.25) is 0 Å². The van der Waals surface area contributed by atoms with Gasteiger partial charge in [-0.2, -0.15) is 0 Å². The fraction of sp³-hybridized carbons (Fsp3) is 0.118. The molecule has 1 aromatic carbocycles. The summed E-state index contributed by atoms with van der Waals surface area (Å²) in [7, 11) is 0. The van der Waals surface area contributed by atoms with Gasteiger partial charge < -0.3 is 5.11 Å². The smallest absolute Gasteiger partial charge is 0.335 e. The van der Waals surface area contributed by atoms with Gasteiger partial charge in [0, 0.05) is 23.4 Å². The zero-order valence-electron chi connectivity index (χ0n) is 12.8. The molecule has 0 aliphatic rings. The molecule has 0 aliphatic carbocycles. The molecule has 0 radical (unpaired) electrons. The van der Waals surface area contributed by atoms with E-state index in [2.05, 4.69) is 14.8 Å². The van der Waals surface area contributed by atoms with Gasteiger partial charge in [-0.25, -0.2) is 14.8 Å². The highest BCUT2D eigenvalue weighted by Gasteiger charge is 2.15. The van der Waals surface area contributed by atoms with Crippen molar-refractivity contribution >= 4 is 33.6 Å². The Balaban J connectivity index is 1.62. The molecule has 0 bridgehead atoms. The number of rotatable bonds is 4. The van der Waals surface area contributed by atoms with Gasteiger partial charge in [-0.15, -0.1) is 22.7 Å². The van der Waals surface area contributed by atoms with Crippen molar-refractivity contribution in [2.24, 2.45) is 0 Å². The number of nitrogens with zero attached hydrogens (tertiary/aromatic N) is 3. The van der Waals surface area contributed by atoms with Gasteiger partial charge in [-0.3, -0.25) is 4.40 Å². The zero-order valence-corrected chi connectivity index (χ0v) is 14.4. The van der Waals surface area contributed by atoms with Gasteiger partial charge in [0.05, 0.1) is 22.0 Å². The first-order chi connectivity index (χ1) is 11.6. The number of fused-ring (bicyclic) bond motifs is 1. The molecule has 0 atom stereocenters. The maximum atomic E-state index is 10.9. The van der Waals surface area contributed by atoms with Crippen LogP contribution >= 0.6 is 22.7 Å². The Labute approximate surface area is 145 Å². The lowest BCUT2D eigenvalue weighted by Crippen LogP contribution is -1.96. The van der Waals surface area contributed by atoms with Crippen LogP contribution in [0.5, 0.6) is 0 Å². The van der Waals surface area contributed by atoms with Gasteiger partial charge in [-0.1, -0.05) is 12.1 Å². The molecule has 0 fully saturated rings. The van der Waals surface area contributed by atoms with Crippen molar-refractivity contribution in [1.29, 1.82) is 0 Å².